The third-order valence-electron chi connectivity index (χ3n) is 2.35. The lowest BCUT2D eigenvalue weighted by atomic mass is 10.1. The Kier molecular flexibility index (Phi) is 4.10. The van der Waals surface area contributed by atoms with E-state index >= 15 is 0 Å². The molecule has 1 aromatic carbocycles. The van der Waals surface area contributed by atoms with Gasteiger partial charge in [0.2, 0.25) is 5.95 Å². The van der Waals surface area contributed by atoms with Crippen LogP contribution in [0.15, 0.2) is 28.7 Å². The minimum Gasteiger partial charge on any atom is -0.347 e. The monoisotopic (exact) mass is 345 g/mol. The largest absolute Gasteiger partial charge is 0.347 e. The van der Waals surface area contributed by atoms with Gasteiger partial charge in [0.25, 0.3) is 0 Å². The van der Waals surface area contributed by atoms with E-state index < -0.39 is 0 Å². The van der Waals surface area contributed by atoms with Crippen LogP contribution in [-0.2, 0) is 0 Å². The fourth-order valence-corrected chi connectivity index (χ4v) is 2.55. The van der Waals surface area contributed by atoms with Gasteiger partial charge in [0, 0.05) is 24.1 Å². The summed E-state index contributed by atoms with van der Waals surface area (Å²) < 4.78 is 0.898. The summed E-state index contributed by atoms with van der Waals surface area (Å²) in [4.78, 5) is 10.2. The Labute approximate surface area is 124 Å². The summed E-state index contributed by atoms with van der Waals surface area (Å²) in [6.45, 7) is 0. The first-order valence-corrected chi connectivity index (χ1v) is 6.71. The minimum atomic E-state index is 0.339. The molecule has 18 heavy (non-hydrogen) atoms. The van der Waals surface area contributed by atoms with Crippen LogP contribution in [0.1, 0.15) is 0 Å². The van der Waals surface area contributed by atoms with Crippen LogP contribution in [0.3, 0.4) is 0 Å². The smallest absolute Gasteiger partial charge is 0.227 e. The molecule has 0 amide bonds. The number of halogens is 3. The first-order valence-electron chi connectivity index (χ1n) is 5.16. The molecule has 94 valence electrons. The molecule has 1 heterocycles. The lowest BCUT2D eigenvalue weighted by molar-refractivity contribution is 1.00. The molecule has 0 atom stereocenters. The highest BCUT2D eigenvalue weighted by Gasteiger charge is 2.16. The maximum Gasteiger partial charge on any atom is 0.227 e. The van der Waals surface area contributed by atoms with Gasteiger partial charge in [-0.3, -0.25) is 0 Å². The topological polar surface area (TPSA) is 29.0 Å². The number of hydrogen-bond acceptors (Lipinski definition) is 3. The number of hydrogen-bond donors (Lipinski definition) is 0. The van der Waals surface area contributed by atoms with Gasteiger partial charge in [-0.15, -0.1) is 0 Å². The average Bonchev–Trinajstić information content (AvgIpc) is 2.30. The Hall–Kier alpha value is -0.840. The SMILES string of the molecule is CN(C)c1nc(Cl)c(-c2ccccc2Br)c(Cl)n1. The summed E-state index contributed by atoms with van der Waals surface area (Å²) in [5, 5.41) is 0.677. The molecule has 0 aliphatic heterocycles. The van der Waals surface area contributed by atoms with Gasteiger partial charge in [-0.05, 0) is 6.07 Å². The van der Waals surface area contributed by atoms with E-state index in [1.54, 1.807) is 4.90 Å². The second-order valence-corrected chi connectivity index (χ2v) is 5.42. The molecule has 0 radical (unpaired) electrons. The highest BCUT2D eigenvalue weighted by molar-refractivity contribution is 9.10. The lowest BCUT2D eigenvalue weighted by Crippen LogP contribution is -2.13. The molecule has 0 N–H and O–H groups in total. The molecular weight excluding hydrogens is 337 g/mol. The van der Waals surface area contributed by atoms with E-state index in [2.05, 4.69) is 25.9 Å². The van der Waals surface area contributed by atoms with Gasteiger partial charge in [-0.25, -0.2) is 9.97 Å². The van der Waals surface area contributed by atoms with E-state index in [4.69, 9.17) is 23.2 Å². The van der Waals surface area contributed by atoms with Gasteiger partial charge in [-0.2, -0.15) is 0 Å². The summed E-state index contributed by atoms with van der Waals surface area (Å²) in [7, 11) is 3.67. The molecule has 3 nitrogen and oxygen atoms in total. The Morgan fingerprint density at radius 3 is 2.11 bits per heavy atom. The molecule has 2 aromatic rings. The number of aromatic nitrogens is 2. The Balaban J connectivity index is 2.63. The van der Waals surface area contributed by atoms with Gasteiger partial charge in [0.05, 0.1) is 5.56 Å². The fourth-order valence-electron chi connectivity index (χ4n) is 1.48. The van der Waals surface area contributed by atoms with E-state index in [1.165, 1.54) is 0 Å². The van der Waals surface area contributed by atoms with E-state index in [1.807, 2.05) is 38.4 Å². The van der Waals surface area contributed by atoms with Crippen molar-refractivity contribution < 1.29 is 0 Å². The zero-order valence-electron chi connectivity index (χ0n) is 9.78. The molecule has 0 aliphatic carbocycles. The predicted molar refractivity (Wildman–Crippen MR) is 79.5 cm³/mol. The Morgan fingerprint density at radius 1 is 1.06 bits per heavy atom. The van der Waals surface area contributed by atoms with Crippen LogP contribution < -0.4 is 4.90 Å². The van der Waals surface area contributed by atoms with Gasteiger partial charge < -0.3 is 4.90 Å². The zero-order valence-corrected chi connectivity index (χ0v) is 12.9. The third kappa shape index (κ3) is 2.60. The first kappa shape index (κ1) is 13.6. The van der Waals surface area contributed by atoms with Gasteiger partial charge in [0.1, 0.15) is 10.3 Å². The maximum absolute atomic E-state index is 6.20. The van der Waals surface area contributed by atoms with Crippen LogP contribution in [0.2, 0.25) is 10.3 Å². The van der Waals surface area contributed by atoms with Crippen molar-refractivity contribution in [3.8, 4) is 11.1 Å². The average molecular weight is 347 g/mol. The first-order chi connectivity index (χ1) is 8.50. The summed E-state index contributed by atoms with van der Waals surface area (Å²) in [5.41, 5.74) is 1.51. The summed E-state index contributed by atoms with van der Waals surface area (Å²) in [6.07, 6.45) is 0. The minimum absolute atomic E-state index is 0.339. The van der Waals surface area contributed by atoms with Crippen molar-refractivity contribution in [1.29, 1.82) is 0 Å². The van der Waals surface area contributed by atoms with E-state index in [0.717, 1.165) is 10.0 Å². The number of nitrogens with zero attached hydrogens (tertiary/aromatic N) is 3. The van der Waals surface area contributed by atoms with Gasteiger partial charge in [-0.1, -0.05) is 57.3 Å². The summed E-state index contributed by atoms with van der Waals surface area (Å²) >= 11 is 15.9. The van der Waals surface area contributed by atoms with Crippen molar-refractivity contribution in [3.05, 3.63) is 39.0 Å². The van der Waals surface area contributed by atoms with E-state index in [0.29, 0.717) is 21.8 Å². The highest BCUT2D eigenvalue weighted by Crippen LogP contribution is 2.37. The quantitative estimate of drug-likeness (QED) is 0.760. The van der Waals surface area contributed by atoms with Crippen LogP contribution in [0.5, 0.6) is 0 Å². The molecule has 0 aliphatic rings. The highest BCUT2D eigenvalue weighted by atomic mass is 79.9. The zero-order chi connectivity index (χ0) is 13.3. The van der Waals surface area contributed by atoms with Crippen LogP contribution in [0.25, 0.3) is 11.1 Å². The molecule has 0 saturated heterocycles. The second kappa shape index (κ2) is 5.43. The molecular formula is C12H10BrCl2N3. The van der Waals surface area contributed by atoms with Crippen LogP contribution in [0, 0.1) is 0 Å². The van der Waals surface area contributed by atoms with Crippen LogP contribution in [-0.4, -0.2) is 24.1 Å². The molecule has 0 saturated carbocycles. The Bertz CT molecular complexity index is 564. The van der Waals surface area contributed by atoms with E-state index in [9.17, 15) is 0 Å². The molecule has 0 spiro atoms. The molecule has 0 unspecified atom stereocenters. The summed E-state index contributed by atoms with van der Waals surface area (Å²) in [5.74, 6) is 0.487. The molecule has 0 fully saturated rings. The Morgan fingerprint density at radius 2 is 1.61 bits per heavy atom. The van der Waals surface area contributed by atoms with Crippen molar-refractivity contribution in [2.75, 3.05) is 19.0 Å². The van der Waals surface area contributed by atoms with Crippen molar-refractivity contribution in [1.82, 2.24) is 9.97 Å². The van der Waals surface area contributed by atoms with Crippen LogP contribution in [0.4, 0.5) is 5.95 Å². The van der Waals surface area contributed by atoms with Crippen molar-refractivity contribution in [2.45, 2.75) is 0 Å². The molecule has 0 bridgehead atoms. The van der Waals surface area contributed by atoms with Crippen LogP contribution >= 0.6 is 39.1 Å². The van der Waals surface area contributed by atoms with Crippen molar-refractivity contribution in [2.24, 2.45) is 0 Å². The van der Waals surface area contributed by atoms with Crippen molar-refractivity contribution >= 4 is 45.1 Å². The van der Waals surface area contributed by atoms with E-state index in [-0.39, 0.29) is 0 Å². The maximum atomic E-state index is 6.20. The molecule has 6 heteroatoms. The lowest BCUT2D eigenvalue weighted by Gasteiger charge is -2.14. The van der Waals surface area contributed by atoms with Crippen molar-refractivity contribution in [3.63, 3.8) is 0 Å². The number of rotatable bonds is 2. The van der Waals surface area contributed by atoms with Gasteiger partial charge in [0.15, 0.2) is 0 Å². The molecule has 1 aromatic heterocycles. The fraction of sp³-hybridized carbons (Fsp3) is 0.167. The second-order valence-electron chi connectivity index (χ2n) is 3.85. The standard InChI is InChI=1S/C12H10BrCl2N3/c1-18(2)12-16-10(14)9(11(15)17-12)7-5-3-4-6-8(7)13/h3-6H,1-2H3. The normalized spacial score (nSPS) is 10.5. The third-order valence-corrected chi connectivity index (χ3v) is 3.59. The molecule has 2 rings (SSSR count). The number of benzene rings is 1. The number of anilines is 1. The predicted octanol–water partition coefficient (Wildman–Crippen LogP) is 4.28. The summed E-state index contributed by atoms with van der Waals surface area (Å²) in [6, 6.07) is 7.66. The van der Waals surface area contributed by atoms with Gasteiger partial charge >= 0.3 is 0 Å².